The third-order valence-corrected chi connectivity index (χ3v) is 13.6. The predicted molar refractivity (Wildman–Crippen MR) is 240 cm³/mol. The molecule has 4 aliphatic carbocycles. The summed E-state index contributed by atoms with van der Waals surface area (Å²) in [4.78, 5) is 2.37. The van der Waals surface area contributed by atoms with E-state index in [9.17, 15) is 0 Å². The van der Waals surface area contributed by atoms with Gasteiger partial charge in [0.05, 0.1) is 0 Å². The third-order valence-electron chi connectivity index (χ3n) is 13.6. The standard InChI is InChI=1S/C56H47N/c1-4-10-42(11-5-1)44-18-24-51(25-19-44)57(52-26-20-45(21-27-52)43-12-6-2-7-13-43)53-28-22-46(23-29-53)48-16-17-49-33-50(35-55(54(49)34-48)47-14-8-3-9-15-47)56-36-39-30-40(37-56)32-41(31-39)38-56/h1-29,33-35,39-41H,30-32,36-38H2. The topological polar surface area (TPSA) is 3.24 Å². The highest BCUT2D eigenvalue weighted by Crippen LogP contribution is 2.61. The van der Waals surface area contributed by atoms with Crippen LogP contribution in [0, 0.1) is 17.8 Å². The van der Waals surface area contributed by atoms with Gasteiger partial charge in [-0.25, -0.2) is 0 Å². The largest absolute Gasteiger partial charge is 0.311 e. The molecule has 0 saturated heterocycles. The maximum absolute atomic E-state index is 2.60. The second-order valence-corrected chi connectivity index (χ2v) is 17.2. The Morgan fingerprint density at radius 3 is 1.19 bits per heavy atom. The Bertz CT molecular complexity index is 2540. The van der Waals surface area contributed by atoms with Gasteiger partial charge in [-0.2, -0.15) is 0 Å². The van der Waals surface area contributed by atoms with Crippen LogP contribution < -0.4 is 4.90 Å². The van der Waals surface area contributed by atoms with Crippen molar-refractivity contribution in [1.29, 1.82) is 0 Å². The average Bonchev–Trinajstić information content (AvgIpc) is 3.27. The van der Waals surface area contributed by atoms with Crippen LogP contribution in [0.15, 0.2) is 194 Å². The minimum atomic E-state index is 0.358. The van der Waals surface area contributed by atoms with E-state index in [1.807, 2.05) is 0 Å². The van der Waals surface area contributed by atoms with E-state index in [2.05, 4.69) is 199 Å². The molecule has 1 heteroatoms. The van der Waals surface area contributed by atoms with E-state index in [4.69, 9.17) is 0 Å². The summed E-state index contributed by atoms with van der Waals surface area (Å²) in [6, 6.07) is 71.8. The van der Waals surface area contributed by atoms with E-state index in [0.29, 0.717) is 5.41 Å². The van der Waals surface area contributed by atoms with Crippen LogP contribution in [0.25, 0.3) is 55.3 Å². The molecule has 57 heavy (non-hydrogen) atoms. The van der Waals surface area contributed by atoms with E-state index in [0.717, 1.165) is 34.8 Å². The summed E-state index contributed by atoms with van der Waals surface area (Å²) in [5, 5.41) is 2.71. The van der Waals surface area contributed by atoms with Crippen LogP contribution in [-0.4, -0.2) is 0 Å². The molecule has 0 aliphatic heterocycles. The molecule has 1 nitrogen and oxygen atoms in total. The fourth-order valence-electron chi connectivity index (χ4n) is 11.3. The van der Waals surface area contributed by atoms with Crippen LogP contribution in [0.2, 0.25) is 0 Å². The first-order chi connectivity index (χ1) is 28.1. The van der Waals surface area contributed by atoms with E-state index in [1.54, 1.807) is 5.56 Å². The molecular formula is C56H47N. The van der Waals surface area contributed by atoms with Crippen molar-refractivity contribution in [3.8, 4) is 44.5 Å². The molecule has 8 aromatic carbocycles. The van der Waals surface area contributed by atoms with Crippen molar-refractivity contribution in [3.63, 3.8) is 0 Å². The Balaban J connectivity index is 0.963. The van der Waals surface area contributed by atoms with E-state index in [1.165, 1.54) is 93.8 Å². The number of anilines is 3. The minimum Gasteiger partial charge on any atom is -0.311 e. The maximum atomic E-state index is 2.60. The maximum Gasteiger partial charge on any atom is 0.0462 e. The molecule has 0 spiro atoms. The lowest BCUT2D eigenvalue weighted by Crippen LogP contribution is -2.48. The summed E-state index contributed by atoms with van der Waals surface area (Å²) in [5.74, 6) is 2.78. The second kappa shape index (κ2) is 14.1. The van der Waals surface area contributed by atoms with Gasteiger partial charge in [0.25, 0.3) is 0 Å². The number of hydrogen-bond acceptors (Lipinski definition) is 1. The summed E-state index contributed by atoms with van der Waals surface area (Å²) in [6.07, 6.45) is 8.57. The Hall–Kier alpha value is -6.18. The molecule has 276 valence electrons. The zero-order chi connectivity index (χ0) is 37.8. The Morgan fingerprint density at radius 1 is 0.351 bits per heavy atom. The molecule has 0 amide bonds. The monoisotopic (exact) mass is 733 g/mol. The van der Waals surface area contributed by atoms with Crippen LogP contribution in [-0.2, 0) is 5.41 Å². The van der Waals surface area contributed by atoms with Gasteiger partial charge in [-0.05, 0) is 171 Å². The van der Waals surface area contributed by atoms with Gasteiger partial charge in [0.1, 0.15) is 0 Å². The molecule has 4 saturated carbocycles. The molecule has 8 aromatic rings. The van der Waals surface area contributed by atoms with Gasteiger partial charge in [-0.15, -0.1) is 0 Å². The van der Waals surface area contributed by atoms with Gasteiger partial charge in [0.15, 0.2) is 0 Å². The molecule has 0 unspecified atom stereocenters. The SMILES string of the molecule is c1ccc(-c2ccc(N(c3ccc(-c4ccccc4)cc3)c3ccc(-c4ccc5cc(C67CC8CC(CC(C8)C6)C7)cc(-c6ccccc6)c5c4)cc3)cc2)cc1. The molecule has 4 fully saturated rings. The highest BCUT2D eigenvalue weighted by atomic mass is 15.1. The van der Waals surface area contributed by atoms with Crippen LogP contribution in [0.3, 0.4) is 0 Å². The van der Waals surface area contributed by atoms with Gasteiger partial charge >= 0.3 is 0 Å². The normalized spacial score (nSPS) is 20.8. The number of benzene rings is 8. The fourth-order valence-corrected chi connectivity index (χ4v) is 11.3. The summed E-state index contributed by atoms with van der Waals surface area (Å²) >= 11 is 0. The van der Waals surface area contributed by atoms with Crippen molar-refractivity contribution in [2.75, 3.05) is 4.90 Å². The molecule has 0 radical (unpaired) electrons. The van der Waals surface area contributed by atoms with Gasteiger partial charge < -0.3 is 4.90 Å². The fraction of sp³-hybridized carbons (Fsp3) is 0.179. The van der Waals surface area contributed by atoms with E-state index < -0.39 is 0 Å². The van der Waals surface area contributed by atoms with Crippen LogP contribution in [0.4, 0.5) is 17.1 Å². The van der Waals surface area contributed by atoms with Crippen molar-refractivity contribution in [3.05, 3.63) is 200 Å². The molecule has 12 rings (SSSR count). The quantitative estimate of drug-likeness (QED) is 0.150. The smallest absolute Gasteiger partial charge is 0.0462 e. The molecular weight excluding hydrogens is 687 g/mol. The third kappa shape index (κ3) is 6.36. The zero-order valence-electron chi connectivity index (χ0n) is 32.4. The number of nitrogens with zero attached hydrogens (tertiary/aromatic N) is 1. The van der Waals surface area contributed by atoms with Crippen molar-refractivity contribution < 1.29 is 0 Å². The lowest BCUT2D eigenvalue weighted by atomic mass is 9.48. The average molecular weight is 734 g/mol. The lowest BCUT2D eigenvalue weighted by Gasteiger charge is -2.57. The number of fused-ring (bicyclic) bond motifs is 1. The minimum absolute atomic E-state index is 0.358. The Morgan fingerprint density at radius 2 is 0.737 bits per heavy atom. The second-order valence-electron chi connectivity index (χ2n) is 17.2. The summed E-state index contributed by atoms with van der Waals surface area (Å²) in [7, 11) is 0. The number of hydrogen-bond donors (Lipinski definition) is 0. The highest BCUT2D eigenvalue weighted by molar-refractivity contribution is 6.00. The van der Waals surface area contributed by atoms with Crippen LogP contribution in [0.1, 0.15) is 44.1 Å². The van der Waals surface area contributed by atoms with Crippen molar-refractivity contribution in [2.45, 2.75) is 43.9 Å². The van der Waals surface area contributed by atoms with Crippen LogP contribution >= 0.6 is 0 Å². The van der Waals surface area contributed by atoms with Crippen molar-refractivity contribution in [1.82, 2.24) is 0 Å². The first-order valence-electron chi connectivity index (χ1n) is 21.0. The lowest BCUT2D eigenvalue weighted by molar-refractivity contribution is -0.00511. The predicted octanol–water partition coefficient (Wildman–Crippen LogP) is 15.4. The molecule has 0 atom stereocenters. The molecule has 0 aromatic heterocycles. The summed E-state index contributed by atoms with van der Waals surface area (Å²) in [6.45, 7) is 0. The first-order valence-corrected chi connectivity index (χ1v) is 21.0. The summed E-state index contributed by atoms with van der Waals surface area (Å²) in [5.41, 5.74) is 15.4. The van der Waals surface area contributed by atoms with Gasteiger partial charge in [-0.3, -0.25) is 0 Å². The van der Waals surface area contributed by atoms with Gasteiger partial charge in [0, 0.05) is 17.1 Å². The van der Waals surface area contributed by atoms with Crippen LogP contribution in [0.5, 0.6) is 0 Å². The number of rotatable bonds is 8. The zero-order valence-corrected chi connectivity index (χ0v) is 32.4. The van der Waals surface area contributed by atoms with Crippen molar-refractivity contribution in [2.24, 2.45) is 17.8 Å². The molecule has 4 bridgehead atoms. The first kappa shape index (κ1) is 34.1. The Kier molecular flexibility index (Phi) is 8.43. The molecule has 0 N–H and O–H groups in total. The van der Waals surface area contributed by atoms with E-state index >= 15 is 0 Å². The van der Waals surface area contributed by atoms with Crippen molar-refractivity contribution >= 4 is 27.8 Å². The summed E-state index contributed by atoms with van der Waals surface area (Å²) < 4.78 is 0. The Labute approximate surface area is 337 Å². The molecule has 4 aliphatic rings. The van der Waals surface area contributed by atoms with E-state index in [-0.39, 0.29) is 0 Å². The van der Waals surface area contributed by atoms with Gasteiger partial charge in [0.2, 0.25) is 0 Å². The van der Waals surface area contributed by atoms with Gasteiger partial charge in [-0.1, -0.05) is 146 Å². The highest BCUT2D eigenvalue weighted by Gasteiger charge is 2.51. The molecule has 0 heterocycles.